The average molecular weight is 342 g/mol. The van der Waals surface area contributed by atoms with Crippen molar-refractivity contribution in [2.45, 2.75) is 17.9 Å². The Balaban J connectivity index is 1.71. The molecule has 0 amide bonds. The fourth-order valence-corrected chi connectivity index (χ4v) is 3.02. The summed E-state index contributed by atoms with van der Waals surface area (Å²) in [5, 5.41) is 0. The number of sulfone groups is 1. The van der Waals surface area contributed by atoms with E-state index in [-0.39, 0.29) is 6.10 Å². The highest BCUT2D eigenvalue weighted by atomic mass is 32.2. The first kappa shape index (κ1) is 16.3. The van der Waals surface area contributed by atoms with Crippen molar-refractivity contribution in [3.63, 3.8) is 0 Å². The van der Waals surface area contributed by atoms with Gasteiger partial charge in [-0.05, 0) is 54.4 Å². The Morgan fingerprint density at radius 3 is 2.25 bits per heavy atom. The minimum absolute atomic E-state index is 0.184. The third-order valence-corrected chi connectivity index (χ3v) is 4.88. The summed E-state index contributed by atoms with van der Waals surface area (Å²) in [5.74, 6) is 0.748. The number of rotatable bonds is 5. The lowest BCUT2D eigenvalue weighted by molar-refractivity contribution is 0.227. The van der Waals surface area contributed by atoms with Gasteiger partial charge in [0.05, 0.1) is 23.1 Å². The Bertz CT molecular complexity index is 900. The van der Waals surface area contributed by atoms with Crippen LogP contribution in [0.15, 0.2) is 66.0 Å². The van der Waals surface area contributed by atoms with Crippen molar-refractivity contribution in [3.8, 4) is 17.0 Å². The summed E-state index contributed by atoms with van der Waals surface area (Å²) in [6.07, 6.45) is 4.42. The summed E-state index contributed by atoms with van der Waals surface area (Å²) in [5.41, 5.74) is 2.90. The topological polar surface area (TPSA) is 72.0 Å². The van der Waals surface area contributed by atoms with Crippen molar-refractivity contribution in [1.82, 2.24) is 9.97 Å². The molecule has 124 valence electrons. The molecule has 0 aliphatic carbocycles. The van der Waals surface area contributed by atoms with E-state index >= 15 is 0 Å². The Morgan fingerprint density at radius 1 is 1.04 bits per heavy atom. The molecule has 0 aliphatic heterocycles. The maximum absolute atomic E-state index is 11.5. The average Bonchev–Trinajstić information content (AvgIpc) is 3.09. The molecule has 1 atom stereocenters. The van der Waals surface area contributed by atoms with Crippen LogP contribution in [0.4, 0.5) is 0 Å². The number of H-pyrrole nitrogens is 1. The number of aromatic nitrogens is 2. The van der Waals surface area contributed by atoms with Crippen molar-refractivity contribution >= 4 is 9.84 Å². The van der Waals surface area contributed by atoms with Crippen molar-refractivity contribution in [2.75, 3.05) is 6.26 Å². The summed E-state index contributed by atoms with van der Waals surface area (Å²) in [4.78, 5) is 7.37. The number of nitrogens with one attached hydrogen (secondary N) is 1. The Hall–Kier alpha value is -2.60. The van der Waals surface area contributed by atoms with Crippen LogP contribution in [0, 0.1) is 0 Å². The predicted molar refractivity (Wildman–Crippen MR) is 92.6 cm³/mol. The zero-order valence-electron chi connectivity index (χ0n) is 13.4. The number of hydrogen-bond acceptors (Lipinski definition) is 4. The molecule has 1 N–H and O–H groups in total. The maximum atomic E-state index is 11.5. The van der Waals surface area contributed by atoms with Crippen LogP contribution in [0.2, 0.25) is 0 Å². The molecule has 3 aromatic rings. The normalized spacial score (nSPS) is 12.8. The maximum Gasteiger partial charge on any atom is 0.175 e. The molecule has 0 saturated carbocycles. The van der Waals surface area contributed by atoms with Gasteiger partial charge in [-0.2, -0.15) is 0 Å². The van der Waals surface area contributed by atoms with Crippen molar-refractivity contribution in [1.29, 1.82) is 0 Å². The number of aromatic amines is 1. The lowest BCUT2D eigenvalue weighted by Gasteiger charge is -2.15. The highest BCUT2D eigenvalue weighted by Crippen LogP contribution is 2.25. The van der Waals surface area contributed by atoms with E-state index in [1.54, 1.807) is 36.8 Å². The molecule has 1 aromatic heterocycles. The van der Waals surface area contributed by atoms with Crippen LogP contribution in [-0.4, -0.2) is 24.6 Å². The van der Waals surface area contributed by atoms with Crippen LogP contribution in [-0.2, 0) is 9.84 Å². The molecule has 0 saturated heterocycles. The SMILES string of the molecule is C[C@H](Oc1ccc(-c2cnc[nH]2)cc1)c1ccc(S(C)(=O)=O)cc1. The van der Waals surface area contributed by atoms with Crippen LogP contribution in [0.1, 0.15) is 18.6 Å². The molecule has 0 fully saturated rings. The third-order valence-electron chi connectivity index (χ3n) is 3.75. The largest absolute Gasteiger partial charge is 0.486 e. The molecule has 0 unspecified atom stereocenters. The van der Waals surface area contributed by atoms with Gasteiger partial charge in [0.2, 0.25) is 0 Å². The van der Waals surface area contributed by atoms with E-state index in [0.29, 0.717) is 4.90 Å². The molecule has 3 rings (SSSR count). The van der Waals surface area contributed by atoms with Gasteiger partial charge in [0, 0.05) is 6.26 Å². The van der Waals surface area contributed by atoms with Crippen LogP contribution < -0.4 is 4.74 Å². The van der Waals surface area contributed by atoms with Gasteiger partial charge in [-0.15, -0.1) is 0 Å². The van der Waals surface area contributed by atoms with E-state index in [4.69, 9.17) is 4.74 Å². The second kappa shape index (κ2) is 6.49. The van der Waals surface area contributed by atoms with Gasteiger partial charge < -0.3 is 9.72 Å². The number of nitrogens with zero attached hydrogens (tertiary/aromatic N) is 1. The fraction of sp³-hybridized carbons (Fsp3) is 0.167. The highest BCUT2D eigenvalue weighted by molar-refractivity contribution is 7.90. The van der Waals surface area contributed by atoms with Crippen molar-refractivity contribution in [2.24, 2.45) is 0 Å². The van der Waals surface area contributed by atoms with Crippen LogP contribution >= 0.6 is 0 Å². The quantitative estimate of drug-likeness (QED) is 0.769. The smallest absolute Gasteiger partial charge is 0.175 e. The molecular weight excluding hydrogens is 324 g/mol. The van der Waals surface area contributed by atoms with Gasteiger partial charge in [0.25, 0.3) is 0 Å². The molecule has 0 radical (unpaired) electrons. The molecule has 6 heteroatoms. The first-order valence-electron chi connectivity index (χ1n) is 7.49. The second-order valence-electron chi connectivity index (χ2n) is 5.59. The van der Waals surface area contributed by atoms with Gasteiger partial charge in [-0.1, -0.05) is 12.1 Å². The molecule has 5 nitrogen and oxygen atoms in total. The van der Waals surface area contributed by atoms with E-state index in [2.05, 4.69) is 9.97 Å². The zero-order valence-corrected chi connectivity index (χ0v) is 14.2. The summed E-state index contributed by atoms with van der Waals surface area (Å²) in [6, 6.07) is 14.5. The Kier molecular flexibility index (Phi) is 4.40. The van der Waals surface area contributed by atoms with Crippen molar-refractivity contribution < 1.29 is 13.2 Å². The number of ether oxygens (including phenoxy) is 1. The second-order valence-corrected chi connectivity index (χ2v) is 7.61. The fourth-order valence-electron chi connectivity index (χ4n) is 2.39. The molecule has 1 heterocycles. The van der Waals surface area contributed by atoms with E-state index in [1.165, 1.54) is 6.26 Å². The molecular formula is C18H18N2O3S. The standard InChI is InChI=1S/C18H18N2O3S/c1-13(14-5-9-17(10-6-14)24(2,21)22)23-16-7-3-15(4-8-16)18-11-19-12-20-18/h3-13H,1-2H3,(H,19,20)/t13-/m0/s1. The van der Waals surface area contributed by atoms with Gasteiger partial charge in [0.1, 0.15) is 11.9 Å². The highest BCUT2D eigenvalue weighted by Gasteiger charge is 2.11. The molecule has 24 heavy (non-hydrogen) atoms. The number of hydrogen-bond donors (Lipinski definition) is 1. The number of benzene rings is 2. The van der Waals surface area contributed by atoms with E-state index in [1.807, 2.05) is 31.2 Å². The molecule has 0 spiro atoms. The summed E-state index contributed by atoms with van der Waals surface area (Å²) >= 11 is 0. The first-order chi connectivity index (χ1) is 11.4. The predicted octanol–water partition coefficient (Wildman–Crippen LogP) is 3.62. The summed E-state index contributed by atoms with van der Waals surface area (Å²) in [6.45, 7) is 1.93. The minimum atomic E-state index is -3.18. The lowest BCUT2D eigenvalue weighted by Crippen LogP contribution is -2.04. The molecule has 0 bridgehead atoms. The van der Waals surface area contributed by atoms with Gasteiger partial charge in [-0.25, -0.2) is 13.4 Å². The van der Waals surface area contributed by atoms with Crippen LogP contribution in [0.5, 0.6) is 5.75 Å². The first-order valence-corrected chi connectivity index (χ1v) is 9.38. The van der Waals surface area contributed by atoms with E-state index < -0.39 is 9.84 Å². The number of imidazole rings is 1. The van der Waals surface area contributed by atoms with E-state index in [9.17, 15) is 8.42 Å². The lowest BCUT2D eigenvalue weighted by atomic mass is 10.1. The van der Waals surface area contributed by atoms with Crippen LogP contribution in [0.3, 0.4) is 0 Å². The Labute approximate surface area is 141 Å². The van der Waals surface area contributed by atoms with Gasteiger partial charge >= 0.3 is 0 Å². The Morgan fingerprint density at radius 2 is 1.71 bits per heavy atom. The third kappa shape index (κ3) is 3.65. The monoisotopic (exact) mass is 342 g/mol. The summed E-state index contributed by atoms with van der Waals surface area (Å²) < 4.78 is 28.9. The minimum Gasteiger partial charge on any atom is -0.486 e. The van der Waals surface area contributed by atoms with Gasteiger partial charge in [0.15, 0.2) is 9.84 Å². The summed E-state index contributed by atoms with van der Waals surface area (Å²) in [7, 11) is -3.18. The molecule has 0 aliphatic rings. The van der Waals surface area contributed by atoms with E-state index in [0.717, 1.165) is 22.6 Å². The van der Waals surface area contributed by atoms with Crippen LogP contribution in [0.25, 0.3) is 11.3 Å². The zero-order chi connectivity index (χ0) is 17.2. The molecule has 2 aromatic carbocycles. The van der Waals surface area contributed by atoms with Gasteiger partial charge in [-0.3, -0.25) is 0 Å². The van der Waals surface area contributed by atoms with Crippen molar-refractivity contribution in [3.05, 3.63) is 66.6 Å².